The van der Waals surface area contributed by atoms with Gasteiger partial charge in [-0.3, -0.25) is 14.3 Å². The summed E-state index contributed by atoms with van der Waals surface area (Å²) in [4.78, 5) is 33.4. The van der Waals surface area contributed by atoms with Gasteiger partial charge in [0.15, 0.2) is 5.56 Å². The number of carbonyl (C=O) groups is 1. The van der Waals surface area contributed by atoms with Gasteiger partial charge in [0.2, 0.25) is 0 Å². The second-order valence-corrected chi connectivity index (χ2v) is 9.02. The number of rotatable bonds is 8. The molecular weight excluding hydrogens is 486 g/mol. The fourth-order valence-electron chi connectivity index (χ4n) is 4.51. The Kier molecular flexibility index (Phi) is 7.67. The van der Waals surface area contributed by atoms with Gasteiger partial charge in [0.25, 0.3) is 5.56 Å². The second-order valence-electron chi connectivity index (χ2n) is 9.02. The number of fused-ring (bicyclic) bond motifs is 1. The van der Waals surface area contributed by atoms with Gasteiger partial charge < -0.3 is 19.3 Å². The van der Waals surface area contributed by atoms with Crippen molar-refractivity contribution >= 4 is 17.0 Å². The highest BCUT2D eigenvalue weighted by Gasteiger charge is 2.25. The van der Waals surface area contributed by atoms with E-state index < -0.39 is 22.8 Å². The Morgan fingerprint density at radius 1 is 1.03 bits per heavy atom. The van der Waals surface area contributed by atoms with E-state index in [9.17, 15) is 14.7 Å². The summed E-state index contributed by atoms with van der Waals surface area (Å²) in [6, 6.07) is 18.3. The molecule has 2 aromatic heterocycles. The standard InChI is InChI=1S/C29H29N3O6/c1-36-23-9-7-21(8-10-23)22-17-24-26(33)25(29(35)38-19-20-5-3-2-4-6-20)28(34)32(27(24)30-18-22)12-11-31-13-15-37-16-14-31/h2-10,17-18,33H,11-16,19H2,1H3. The molecular formula is C29H29N3O6. The van der Waals surface area contributed by atoms with Crippen LogP contribution in [0.1, 0.15) is 15.9 Å². The van der Waals surface area contributed by atoms with E-state index in [0.717, 1.165) is 29.8 Å². The average Bonchev–Trinajstić information content (AvgIpc) is 2.97. The van der Waals surface area contributed by atoms with Crippen LogP contribution in [-0.4, -0.2) is 65.5 Å². The van der Waals surface area contributed by atoms with Crippen molar-refractivity contribution < 1.29 is 24.1 Å². The molecule has 1 saturated heterocycles. The predicted octanol–water partition coefficient (Wildman–Crippen LogP) is 3.47. The van der Waals surface area contributed by atoms with Gasteiger partial charge in [-0.05, 0) is 29.3 Å². The van der Waals surface area contributed by atoms with Crippen molar-refractivity contribution in [3.8, 4) is 22.6 Å². The molecule has 0 amide bonds. The Morgan fingerprint density at radius 2 is 1.76 bits per heavy atom. The van der Waals surface area contributed by atoms with Crippen molar-refractivity contribution in [2.24, 2.45) is 0 Å². The van der Waals surface area contributed by atoms with Crippen molar-refractivity contribution in [1.29, 1.82) is 0 Å². The molecule has 0 atom stereocenters. The zero-order chi connectivity index (χ0) is 26.5. The predicted molar refractivity (Wildman–Crippen MR) is 142 cm³/mol. The number of nitrogens with zero attached hydrogens (tertiary/aromatic N) is 3. The van der Waals surface area contributed by atoms with Crippen LogP contribution < -0.4 is 10.3 Å². The van der Waals surface area contributed by atoms with Crippen molar-refractivity contribution in [3.05, 3.63) is 88.3 Å². The number of aromatic nitrogens is 2. The number of hydrogen-bond acceptors (Lipinski definition) is 8. The molecule has 9 nitrogen and oxygen atoms in total. The third-order valence-electron chi connectivity index (χ3n) is 6.66. The third-order valence-corrected chi connectivity index (χ3v) is 6.66. The summed E-state index contributed by atoms with van der Waals surface area (Å²) in [6.45, 7) is 3.62. The van der Waals surface area contributed by atoms with E-state index in [1.807, 2.05) is 54.6 Å². The first-order valence-corrected chi connectivity index (χ1v) is 12.5. The fourth-order valence-corrected chi connectivity index (χ4v) is 4.51. The van der Waals surface area contributed by atoms with Crippen LogP contribution >= 0.6 is 0 Å². The number of aromatic hydroxyl groups is 1. The number of ether oxygens (including phenoxy) is 3. The molecule has 0 aliphatic carbocycles. The summed E-state index contributed by atoms with van der Waals surface area (Å²) in [6.07, 6.45) is 1.65. The highest BCUT2D eigenvalue weighted by molar-refractivity contribution is 5.99. The van der Waals surface area contributed by atoms with E-state index in [2.05, 4.69) is 9.88 Å². The molecule has 1 N–H and O–H groups in total. The minimum atomic E-state index is -0.881. The molecule has 5 rings (SSSR count). The smallest absolute Gasteiger partial charge is 0.347 e. The maximum Gasteiger partial charge on any atom is 0.347 e. The lowest BCUT2D eigenvalue weighted by Crippen LogP contribution is -2.40. The van der Waals surface area contributed by atoms with Crippen LogP contribution in [0.3, 0.4) is 0 Å². The van der Waals surface area contributed by atoms with Gasteiger partial charge in [-0.1, -0.05) is 42.5 Å². The molecule has 196 valence electrons. The van der Waals surface area contributed by atoms with Gasteiger partial charge in [0.05, 0.1) is 25.7 Å². The molecule has 0 unspecified atom stereocenters. The zero-order valence-electron chi connectivity index (χ0n) is 21.1. The summed E-state index contributed by atoms with van der Waals surface area (Å²) in [5, 5.41) is 11.5. The molecule has 0 radical (unpaired) electrons. The monoisotopic (exact) mass is 515 g/mol. The normalized spacial score (nSPS) is 13.9. The van der Waals surface area contributed by atoms with Gasteiger partial charge in [0, 0.05) is 37.9 Å². The highest BCUT2D eigenvalue weighted by Crippen LogP contribution is 2.31. The average molecular weight is 516 g/mol. The Labute approximate surface area is 219 Å². The van der Waals surface area contributed by atoms with Gasteiger partial charge in [-0.25, -0.2) is 9.78 Å². The molecule has 2 aromatic carbocycles. The quantitative estimate of drug-likeness (QED) is 0.356. The first-order valence-electron chi connectivity index (χ1n) is 12.5. The van der Waals surface area contributed by atoms with E-state index in [1.165, 1.54) is 4.57 Å². The molecule has 1 fully saturated rings. The SMILES string of the molecule is COc1ccc(-c2cnc3c(c2)c(O)c(C(=O)OCc2ccccc2)c(=O)n3CCN2CCOCC2)cc1. The Morgan fingerprint density at radius 3 is 2.47 bits per heavy atom. The molecule has 1 aliphatic heterocycles. The number of esters is 1. The van der Waals surface area contributed by atoms with E-state index in [4.69, 9.17) is 14.2 Å². The van der Waals surface area contributed by atoms with Crippen molar-refractivity contribution in [2.75, 3.05) is 40.0 Å². The summed E-state index contributed by atoms with van der Waals surface area (Å²) < 4.78 is 17.5. The van der Waals surface area contributed by atoms with E-state index in [-0.39, 0.29) is 6.61 Å². The Balaban J connectivity index is 1.55. The van der Waals surface area contributed by atoms with E-state index in [1.54, 1.807) is 19.4 Å². The maximum atomic E-state index is 13.6. The fraction of sp³-hybridized carbons (Fsp3) is 0.276. The van der Waals surface area contributed by atoms with Gasteiger partial charge in [0.1, 0.15) is 23.8 Å². The van der Waals surface area contributed by atoms with Gasteiger partial charge in [-0.2, -0.15) is 0 Å². The second kappa shape index (κ2) is 11.5. The lowest BCUT2D eigenvalue weighted by atomic mass is 10.0. The Bertz CT molecular complexity index is 1480. The number of carbonyl (C=O) groups excluding carboxylic acids is 1. The number of benzene rings is 2. The van der Waals surface area contributed by atoms with Gasteiger partial charge in [-0.15, -0.1) is 0 Å². The summed E-state index contributed by atoms with van der Waals surface area (Å²) in [7, 11) is 1.60. The lowest BCUT2D eigenvalue weighted by molar-refractivity contribution is 0.0363. The minimum Gasteiger partial charge on any atom is -0.506 e. The first-order chi connectivity index (χ1) is 18.5. The molecule has 9 heteroatoms. The van der Waals surface area contributed by atoms with E-state index >= 15 is 0 Å². The molecule has 3 heterocycles. The summed E-state index contributed by atoms with van der Waals surface area (Å²) in [5.41, 5.74) is 1.61. The van der Waals surface area contributed by atoms with Crippen LogP contribution in [-0.2, 0) is 22.6 Å². The number of morpholine rings is 1. The number of methoxy groups -OCH3 is 1. The maximum absolute atomic E-state index is 13.6. The van der Waals surface area contributed by atoms with Crippen LogP contribution in [0.25, 0.3) is 22.2 Å². The van der Waals surface area contributed by atoms with Crippen molar-refractivity contribution in [3.63, 3.8) is 0 Å². The molecule has 0 spiro atoms. The third kappa shape index (κ3) is 5.39. The van der Waals surface area contributed by atoms with Crippen LogP contribution in [0.2, 0.25) is 0 Å². The first kappa shape index (κ1) is 25.4. The molecule has 0 saturated carbocycles. The lowest BCUT2D eigenvalue weighted by Gasteiger charge is -2.27. The molecule has 1 aliphatic rings. The minimum absolute atomic E-state index is 0.0193. The topological polar surface area (TPSA) is 103 Å². The van der Waals surface area contributed by atoms with E-state index in [0.29, 0.717) is 43.1 Å². The number of pyridine rings is 2. The zero-order valence-corrected chi connectivity index (χ0v) is 21.1. The van der Waals surface area contributed by atoms with Crippen LogP contribution in [0.15, 0.2) is 71.7 Å². The molecule has 4 aromatic rings. The number of hydrogen-bond donors (Lipinski definition) is 1. The Hall–Kier alpha value is -4.21. The highest BCUT2D eigenvalue weighted by atomic mass is 16.5. The van der Waals surface area contributed by atoms with Crippen LogP contribution in [0.4, 0.5) is 0 Å². The summed E-state index contributed by atoms with van der Waals surface area (Å²) >= 11 is 0. The molecule has 38 heavy (non-hydrogen) atoms. The van der Waals surface area contributed by atoms with Crippen molar-refractivity contribution in [2.45, 2.75) is 13.2 Å². The largest absolute Gasteiger partial charge is 0.506 e. The summed E-state index contributed by atoms with van der Waals surface area (Å²) in [5.74, 6) is -0.604. The van der Waals surface area contributed by atoms with Gasteiger partial charge >= 0.3 is 5.97 Å². The van der Waals surface area contributed by atoms with Crippen LogP contribution in [0.5, 0.6) is 11.5 Å². The van der Waals surface area contributed by atoms with Crippen LogP contribution in [0, 0.1) is 0 Å². The molecule has 0 bridgehead atoms. The van der Waals surface area contributed by atoms with Crippen molar-refractivity contribution in [1.82, 2.24) is 14.5 Å².